The summed E-state index contributed by atoms with van der Waals surface area (Å²) in [5, 5.41) is 13.1. The number of rotatable bonds is 3. The number of nitrogens with one attached hydrogen (secondary N) is 1. The van der Waals surface area contributed by atoms with Crippen LogP contribution < -0.4 is 10.1 Å². The highest BCUT2D eigenvalue weighted by Gasteiger charge is 2.37. The van der Waals surface area contributed by atoms with Crippen LogP contribution in [0, 0.1) is 18.3 Å². The molecule has 1 aliphatic heterocycles. The van der Waals surface area contributed by atoms with Crippen molar-refractivity contribution in [3.05, 3.63) is 23.8 Å². The Morgan fingerprint density at radius 3 is 2.52 bits per heavy atom. The van der Waals surface area contributed by atoms with Crippen molar-refractivity contribution in [2.45, 2.75) is 46.4 Å². The number of anilines is 1. The van der Waals surface area contributed by atoms with Gasteiger partial charge in [-0.2, -0.15) is 13.2 Å². The van der Waals surface area contributed by atoms with Gasteiger partial charge in [0.25, 0.3) is 0 Å². The molecular weight excluding hydrogens is 361 g/mol. The molecule has 0 bridgehead atoms. The summed E-state index contributed by atoms with van der Waals surface area (Å²) in [6.07, 6.45) is -4.29. The molecule has 5 nitrogen and oxygen atoms in total. The van der Waals surface area contributed by atoms with Gasteiger partial charge < -0.3 is 20.1 Å². The van der Waals surface area contributed by atoms with Crippen LogP contribution in [0.4, 0.5) is 23.7 Å². The predicted molar refractivity (Wildman–Crippen MR) is 96.9 cm³/mol. The molecule has 1 saturated heterocycles. The first kappa shape index (κ1) is 21.3. The van der Waals surface area contributed by atoms with E-state index in [1.54, 1.807) is 17.9 Å². The van der Waals surface area contributed by atoms with Gasteiger partial charge in [0.1, 0.15) is 5.75 Å². The first-order valence-electron chi connectivity index (χ1n) is 8.91. The van der Waals surface area contributed by atoms with E-state index >= 15 is 0 Å². The summed E-state index contributed by atoms with van der Waals surface area (Å²) in [6.45, 7) is 7.25. The van der Waals surface area contributed by atoms with Crippen molar-refractivity contribution in [3.63, 3.8) is 0 Å². The van der Waals surface area contributed by atoms with Crippen molar-refractivity contribution in [2.24, 2.45) is 11.3 Å². The summed E-state index contributed by atoms with van der Waals surface area (Å²) in [5.74, 6) is 0.237. The molecule has 0 aromatic heterocycles. The topological polar surface area (TPSA) is 61.8 Å². The van der Waals surface area contributed by atoms with Gasteiger partial charge in [-0.05, 0) is 48.4 Å². The fraction of sp³-hybridized carbons (Fsp3) is 0.632. The number of likely N-dealkylation sites (tertiary alicyclic amines) is 1. The fourth-order valence-corrected chi connectivity index (χ4v) is 3.38. The Balaban J connectivity index is 1.95. The number of hydrogen-bond acceptors (Lipinski definition) is 3. The molecule has 0 saturated carbocycles. The second-order valence-electron chi connectivity index (χ2n) is 8.09. The highest BCUT2D eigenvalue weighted by Crippen LogP contribution is 2.34. The van der Waals surface area contributed by atoms with E-state index in [0.717, 1.165) is 0 Å². The second kappa shape index (κ2) is 7.96. The number of benzene rings is 1. The van der Waals surface area contributed by atoms with E-state index in [2.05, 4.69) is 26.1 Å². The number of aliphatic hydroxyl groups is 1. The Morgan fingerprint density at radius 1 is 1.33 bits per heavy atom. The maximum Gasteiger partial charge on any atom is 0.422 e. The number of hydrogen-bond donors (Lipinski definition) is 2. The van der Waals surface area contributed by atoms with E-state index in [1.807, 2.05) is 0 Å². The van der Waals surface area contributed by atoms with E-state index in [4.69, 9.17) is 4.74 Å². The summed E-state index contributed by atoms with van der Waals surface area (Å²) in [6, 6.07) is 4.11. The van der Waals surface area contributed by atoms with Crippen LogP contribution in [0.2, 0.25) is 0 Å². The molecule has 1 heterocycles. The van der Waals surface area contributed by atoms with Crippen LogP contribution in [-0.4, -0.2) is 48.0 Å². The lowest BCUT2D eigenvalue weighted by molar-refractivity contribution is -0.153. The van der Waals surface area contributed by atoms with Crippen molar-refractivity contribution in [1.82, 2.24) is 4.90 Å². The molecular formula is C19H27F3N2O3. The molecule has 0 unspecified atom stereocenters. The Bertz CT molecular complexity index is 671. The van der Waals surface area contributed by atoms with E-state index in [-0.39, 0.29) is 29.7 Å². The van der Waals surface area contributed by atoms with Crippen molar-refractivity contribution >= 4 is 11.7 Å². The van der Waals surface area contributed by atoms with Crippen LogP contribution in [0.1, 0.15) is 32.8 Å². The zero-order valence-electron chi connectivity index (χ0n) is 16.1. The van der Waals surface area contributed by atoms with Gasteiger partial charge in [0.15, 0.2) is 6.61 Å². The lowest BCUT2D eigenvalue weighted by atomic mass is 9.74. The number of halogens is 3. The van der Waals surface area contributed by atoms with Crippen LogP contribution in [-0.2, 0) is 0 Å². The standard InChI is InChI=1S/C19H27F3N2O3/c1-12-9-13(5-6-16(12)27-11-19(20,21)22)23-17(26)24-8-7-14(15(25)10-24)18(2,3)4/h5-6,9,14-15,25H,7-8,10-11H2,1-4H3,(H,23,26)/t14-,15+/m1/s1. The summed E-state index contributed by atoms with van der Waals surface area (Å²) in [7, 11) is 0. The van der Waals surface area contributed by atoms with Crippen LogP contribution in [0.5, 0.6) is 5.75 Å². The van der Waals surface area contributed by atoms with E-state index in [1.165, 1.54) is 12.1 Å². The fourth-order valence-electron chi connectivity index (χ4n) is 3.38. The van der Waals surface area contributed by atoms with Gasteiger partial charge in [-0.25, -0.2) is 4.79 Å². The third-order valence-electron chi connectivity index (χ3n) is 4.80. The summed E-state index contributed by atoms with van der Waals surface area (Å²) >= 11 is 0. The zero-order valence-corrected chi connectivity index (χ0v) is 16.1. The number of aryl methyl sites for hydroxylation is 1. The van der Waals surface area contributed by atoms with Crippen LogP contribution >= 0.6 is 0 Å². The first-order chi connectivity index (χ1) is 12.4. The SMILES string of the molecule is Cc1cc(NC(=O)N2CC[C@@H](C(C)(C)C)[C@@H](O)C2)ccc1OCC(F)(F)F. The summed E-state index contributed by atoms with van der Waals surface area (Å²) in [4.78, 5) is 14.0. The van der Waals surface area contributed by atoms with Crippen molar-refractivity contribution in [1.29, 1.82) is 0 Å². The van der Waals surface area contributed by atoms with Crippen molar-refractivity contribution in [3.8, 4) is 5.75 Å². The number of piperidine rings is 1. The molecule has 0 spiro atoms. The largest absolute Gasteiger partial charge is 0.484 e. The molecule has 2 N–H and O–H groups in total. The van der Waals surface area contributed by atoms with Gasteiger partial charge in [0.05, 0.1) is 6.10 Å². The molecule has 2 amide bonds. The van der Waals surface area contributed by atoms with Crippen LogP contribution in [0.25, 0.3) is 0 Å². The summed E-state index contributed by atoms with van der Waals surface area (Å²) < 4.78 is 41.5. The Morgan fingerprint density at radius 2 is 2.00 bits per heavy atom. The van der Waals surface area contributed by atoms with Gasteiger partial charge in [-0.15, -0.1) is 0 Å². The maximum atomic E-state index is 12.4. The molecule has 0 aliphatic carbocycles. The third-order valence-corrected chi connectivity index (χ3v) is 4.80. The molecule has 1 aromatic rings. The number of carbonyl (C=O) groups excluding carboxylic acids is 1. The molecule has 1 aliphatic rings. The summed E-state index contributed by atoms with van der Waals surface area (Å²) in [5.41, 5.74) is 0.915. The molecule has 8 heteroatoms. The monoisotopic (exact) mass is 388 g/mol. The van der Waals surface area contributed by atoms with Crippen molar-refractivity contribution in [2.75, 3.05) is 25.0 Å². The number of β-amino-alcohol motifs (C(OH)–C–C–N with tert-alkyl or cyclic N) is 1. The first-order valence-corrected chi connectivity index (χ1v) is 8.91. The number of ether oxygens (including phenoxy) is 1. The highest BCUT2D eigenvalue weighted by molar-refractivity contribution is 5.89. The molecule has 1 fully saturated rings. The minimum absolute atomic E-state index is 0.0364. The Labute approximate surface area is 157 Å². The number of urea groups is 1. The number of aliphatic hydroxyl groups excluding tert-OH is 1. The van der Waals surface area contributed by atoms with E-state index < -0.39 is 18.9 Å². The molecule has 2 atom stereocenters. The second-order valence-corrected chi connectivity index (χ2v) is 8.09. The molecule has 1 aromatic carbocycles. The number of alkyl halides is 3. The molecule has 2 rings (SSSR count). The van der Waals surface area contributed by atoms with Gasteiger partial charge in [-0.1, -0.05) is 20.8 Å². The average molecular weight is 388 g/mol. The van der Waals surface area contributed by atoms with Gasteiger partial charge in [-0.3, -0.25) is 0 Å². The Kier molecular flexibility index (Phi) is 6.29. The van der Waals surface area contributed by atoms with E-state index in [0.29, 0.717) is 24.2 Å². The maximum absolute atomic E-state index is 12.4. The molecule has 0 radical (unpaired) electrons. The van der Waals surface area contributed by atoms with E-state index in [9.17, 15) is 23.1 Å². The minimum atomic E-state index is -4.40. The van der Waals surface area contributed by atoms with Gasteiger partial charge in [0.2, 0.25) is 0 Å². The molecule has 27 heavy (non-hydrogen) atoms. The molecule has 152 valence electrons. The quantitative estimate of drug-likeness (QED) is 0.816. The number of carbonyl (C=O) groups is 1. The number of amides is 2. The average Bonchev–Trinajstić information content (AvgIpc) is 2.51. The zero-order chi connectivity index (χ0) is 20.4. The third kappa shape index (κ3) is 6.02. The highest BCUT2D eigenvalue weighted by atomic mass is 19.4. The van der Waals surface area contributed by atoms with Crippen LogP contribution in [0.15, 0.2) is 18.2 Å². The normalized spacial score (nSPS) is 21.1. The Hall–Kier alpha value is -1.96. The van der Waals surface area contributed by atoms with Gasteiger partial charge in [0, 0.05) is 18.8 Å². The lowest BCUT2D eigenvalue weighted by Crippen LogP contribution is -2.51. The predicted octanol–water partition coefficient (Wildman–Crippen LogP) is 4.20. The van der Waals surface area contributed by atoms with Gasteiger partial charge >= 0.3 is 12.2 Å². The minimum Gasteiger partial charge on any atom is -0.484 e. The van der Waals surface area contributed by atoms with Crippen LogP contribution in [0.3, 0.4) is 0 Å². The lowest BCUT2D eigenvalue weighted by Gasteiger charge is -2.42. The number of nitrogens with zero attached hydrogens (tertiary/aromatic N) is 1. The smallest absolute Gasteiger partial charge is 0.422 e. The van der Waals surface area contributed by atoms with Crippen molar-refractivity contribution < 1.29 is 27.8 Å².